The van der Waals surface area contributed by atoms with Gasteiger partial charge in [0.2, 0.25) is 11.8 Å². The molecule has 3 rings (SSSR count). The van der Waals surface area contributed by atoms with Crippen molar-refractivity contribution >= 4 is 17.8 Å². The zero-order valence-electron chi connectivity index (χ0n) is 14.2. The lowest BCUT2D eigenvalue weighted by molar-refractivity contribution is -0.129. The molecule has 0 spiro atoms. The van der Waals surface area contributed by atoms with Crippen LogP contribution in [0.2, 0.25) is 0 Å². The van der Waals surface area contributed by atoms with Crippen LogP contribution in [-0.2, 0) is 22.6 Å². The van der Waals surface area contributed by atoms with Crippen LogP contribution in [0.5, 0.6) is 0 Å². The molecule has 0 bridgehead atoms. The summed E-state index contributed by atoms with van der Waals surface area (Å²) >= 11 is 0. The molecule has 136 valence electrons. The van der Waals surface area contributed by atoms with Crippen molar-refractivity contribution in [3.8, 4) is 0 Å². The summed E-state index contributed by atoms with van der Waals surface area (Å²) in [4.78, 5) is 37.0. The largest absolute Gasteiger partial charge is 0.478 e. The number of amides is 2. The van der Waals surface area contributed by atoms with Crippen LogP contribution in [0.3, 0.4) is 0 Å². The summed E-state index contributed by atoms with van der Waals surface area (Å²) in [5.74, 6) is -0.872. The highest BCUT2D eigenvalue weighted by Gasteiger charge is 2.34. The van der Waals surface area contributed by atoms with E-state index in [2.05, 4.69) is 5.32 Å². The molecule has 1 atom stereocenters. The van der Waals surface area contributed by atoms with E-state index in [9.17, 15) is 14.4 Å². The van der Waals surface area contributed by atoms with Crippen molar-refractivity contribution in [2.45, 2.75) is 19.4 Å². The number of carboxylic acids is 1. The maximum Gasteiger partial charge on any atom is 0.335 e. The molecule has 2 aromatic rings. The first kappa shape index (κ1) is 17.7. The first-order valence-electron chi connectivity index (χ1n) is 8.43. The topological polar surface area (TPSA) is 99.8 Å². The van der Waals surface area contributed by atoms with Gasteiger partial charge in [-0.15, -0.1) is 0 Å². The molecule has 2 amide bonds. The van der Waals surface area contributed by atoms with Crippen molar-refractivity contribution in [1.82, 2.24) is 10.2 Å². The van der Waals surface area contributed by atoms with E-state index in [1.54, 1.807) is 35.4 Å². The van der Waals surface area contributed by atoms with Crippen molar-refractivity contribution < 1.29 is 23.9 Å². The summed E-state index contributed by atoms with van der Waals surface area (Å²) < 4.78 is 5.24. The molecule has 2 heterocycles. The Labute approximate surface area is 150 Å². The summed E-state index contributed by atoms with van der Waals surface area (Å²) in [6.07, 6.45) is 2.28. The van der Waals surface area contributed by atoms with Gasteiger partial charge in [0.15, 0.2) is 0 Å². The van der Waals surface area contributed by atoms with Crippen molar-refractivity contribution in [1.29, 1.82) is 0 Å². The Kier molecular flexibility index (Phi) is 5.36. The maximum atomic E-state index is 12.3. The fourth-order valence-electron chi connectivity index (χ4n) is 3.03. The standard InChI is InChI=1S/C19H20N2O5/c22-17-10-15(11-21(17)12-16-5-2-8-26-16)18(23)20-7-6-13-3-1-4-14(9-13)19(24)25/h1-5,8-9,15H,6-7,10-12H2,(H,20,23)(H,24,25). The summed E-state index contributed by atoms with van der Waals surface area (Å²) in [7, 11) is 0. The van der Waals surface area contributed by atoms with Crippen molar-refractivity contribution in [3.05, 3.63) is 59.5 Å². The van der Waals surface area contributed by atoms with Gasteiger partial charge in [-0.3, -0.25) is 9.59 Å². The summed E-state index contributed by atoms with van der Waals surface area (Å²) in [6, 6.07) is 10.2. The molecule has 1 saturated heterocycles. The maximum absolute atomic E-state index is 12.3. The second-order valence-corrected chi connectivity index (χ2v) is 6.30. The number of rotatable bonds is 7. The number of hydrogen-bond donors (Lipinski definition) is 2. The van der Waals surface area contributed by atoms with Gasteiger partial charge in [0.25, 0.3) is 0 Å². The highest BCUT2D eigenvalue weighted by Crippen LogP contribution is 2.20. The molecule has 1 fully saturated rings. The van der Waals surface area contributed by atoms with Crippen LogP contribution in [0.1, 0.15) is 28.1 Å². The SMILES string of the molecule is O=C(O)c1cccc(CCNC(=O)C2CC(=O)N(Cc3ccco3)C2)c1. The van der Waals surface area contributed by atoms with Gasteiger partial charge >= 0.3 is 5.97 Å². The number of likely N-dealkylation sites (tertiary alicyclic amines) is 1. The molecular weight excluding hydrogens is 336 g/mol. The van der Waals surface area contributed by atoms with Gasteiger partial charge < -0.3 is 19.7 Å². The molecule has 1 aliphatic rings. The second kappa shape index (κ2) is 7.86. The number of furan rings is 1. The summed E-state index contributed by atoms with van der Waals surface area (Å²) in [5.41, 5.74) is 1.07. The summed E-state index contributed by atoms with van der Waals surface area (Å²) in [5, 5.41) is 11.8. The molecule has 0 aliphatic carbocycles. The van der Waals surface area contributed by atoms with E-state index in [4.69, 9.17) is 9.52 Å². The molecule has 26 heavy (non-hydrogen) atoms. The number of carboxylic acid groups (broad SMARTS) is 1. The molecular formula is C19H20N2O5. The van der Waals surface area contributed by atoms with Crippen LogP contribution >= 0.6 is 0 Å². The van der Waals surface area contributed by atoms with E-state index >= 15 is 0 Å². The molecule has 1 unspecified atom stereocenters. The normalized spacial score (nSPS) is 16.7. The minimum Gasteiger partial charge on any atom is -0.478 e. The van der Waals surface area contributed by atoms with Gasteiger partial charge in [-0.25, -0.2) is 4.79 Å². The van der Waals surface area contributed by atoms with Crippen molar-refractivity contribution in [2.75, 3.05) is 13.1 Å². The predicted molar refractivity (Wildman–Crippen MR) is 92.3 cm³/mol. The molecule has 2 N–H and O–H groups in total. The number of benzene rings is 1. The molecule has 1 aliphatic heterocycles. The number of hydrogen-bond acceptors (Lipinski definition) is 4. The fraction of sp³-hybridized carbons (Fsp3) is 0.316. The lowest BCUT2D eigenvalue weighted by Gasteiger charge is -2.15. The third kappa shape index (κ3) is 4.30. The lowest BCUT2D eigenvalue weighted by atomic mass is 10.1. The van der Waals surface area contributed by atoms with Crippen LogP contribution < -0.4 is 5.32 Å². The quantitative estimate of drug-likeness (QED) is 0.786. The van der Waals surface area contributed by atoms with Crippen LogP contribution in [-0.4, -0.2) is 40.9 Å². The fourth-order valence-corrected chi connectivity index (χ4v) is 3.03. The Morgan fingerprint density at radius 2 is 2.12 bits per heavy atom. The Balaban J connectivity index is 1.47. The molecule has 7 heteroatoms. The van der Waals surface area contributed by atoms with Gasteiger partial charge in [-0.05, 0) is 36.2 Å². The average Bonchev–Trinajstić information content (AvgIpc) is 3.26. The minimum atomic E-state index is -0.975. The molecule has 1 aromatic heterocycles. The van der Waals surface area contributed by atoms with E-state index in [1.165, 1.54) is 6.07 Å². The third-order valence-corrected chi connectivity index (χ3v) is 4.40. The highest BCUT2D eigenvalue weighted by atomic mass is 16.4. The smallest absolute Gasteiger partial charge is 0.335 e. The monoisotopic (exact) mass is 356 g/mol. The average molecular weight is 356 g/mol. The minimum absolute atomic E-state index is 0.0595. The molecule has 7 nitrogen and oxygen atoms in total. The Bertz CT molecular complexity index is 800. The van der Waals surface area contributed by atoms with E-state index < -0.39 is 5.97 Å². The highest BCUT2D eigenvalue weighted by molar-refractivity contribution is 5.89. The van der Waals surface area contributed by atoms with E-state index in [0.717, 1.165) is 5.56 Å². The zero-order chi connectivity index (χ0) is 18.5. The van der Waals surface area contributed by atoms with Crippen LogP contribution in [0, 0.1) is 5.92 Å². The van der Waals surface area contributed by atoms with Crippen molar-refractivity contribution in [2.24, 2.45) is 5.92 Å². The summed E-state index contributed by atoms with van der Waals surface area (Å²) in [6.45, 7) is 1.14. The van der Waals surface area contributed by atoms with E-state index in [-0.39, 0.29) is 29.7 Å². The Hall–Kier alpha value is -3.09. The first-order valence-corrected chi connectivity index (χ1v) is 8.43. The van der Waals surface area contributed by atoms with Gasteiger partial charge in [0.05, 0.1) is 24.3 Å². The number of carbonyl (C=O) groups is 3. The Morgan fingerprint density at radius 3 is 2.85 bits per heavy atom. The van der Waals surface area contributed by atoms with Crippen molar-refractivity contribution in [3.63, 3.8) is 0 Å². The second-order valence-electron chi connectivity index (χ2n) is 6.30. The van der Waals surface area contributed by atoms with Gasteiger partial charge in [0.1, 0.15) is 5.76 Å². The first-order chi connectivity index (χ1) is 12.5. The van der Waals surface area contributed by atoms with Gasteiger partial charge in [-0.1, -0.05) is 12.1 Å². The molecule has 0 saturated carbocycles. The van der Waals surface area contributed by atoms with Crippen LogP contribution in [0.4, 0.5) is 0 Å². The van der Waals surface area contributed by atoms with E-state index in [0.29, 0.717) is 31.8 Å². The van der Waals surface area contributed by atoms with Gasteiger partial charge in [0, 0.05) is 19.5 Å². The van der Waals surface area contributed by atoms with Crippen LogP contribution in [0.15, 0.2) is 47.1 Å². The van der Waals surface area contributed by atoms with Crippen LogP contribution in [0.25, 0.3) is 0 Å². The number of carbonyl (C=O) groups excluding carboxylic acids is 2. The number of nitrogens with zero attached hydrogens (tertiary/aromatic N) is 1. The van der Waals surface area contributed by atoms with Gasteiger partial charge in [-0.2, -0.15) is 0 Å². The molecule has 1 aromatic carbocycles. The predicted octanol–water partition coefficient (Wildman–Crippen LogP) is 1.69. The molecule has 0 radical (unpaired) electrons. The number of nitrogens with one attached hydrogen (secondary N) is 1. The number of aromatic carboxylic acids is 1. The Morgan fingerprint density at radius 1 is 1.27 bits per heavy atom. The van der Waals surface area contributed by atoms with E-state index in [1.807, 2.05) is 6.07 Å². The zero-order valence-corrected chi connectivity index (χ0v) is 14.2. The third-order valence-electron chi connectivity index (χ3n) is 4.40. The lowest BCUT2D eigenvalue weighted by Crippen LogP contribution is -2.34.